The van der Waals surface area contributed by atoms with Gasteiger partial charge in [0.1, 0.15) is 0 Å². The summed E-state index contributed by atoms with van der Waals surface area (Å²) in [5.74, 6) is 0. The smallest absolute Gasteiger partial charge is 0.857 e. The van der Waals surface area contributed by atoms with E-state index in [2.05, 4.69) is 4.31 Å². The van der Waals surface area contributed by atoms with Crippen LogP contribution in [0, 0.1) is 0 Å². The molecular weight excluding hydrogens is 408 g/mol. The summed E-state index contributed by atoms with van der Waals surface area (Å²) in [5.41, 5.74) is 0. The number of hydrogen-bond donors (Lipinski definition) is 0. The van der Waals surface area contributed by atoms with Gasteiger partial charge in [-0.15, -0.1) is 0 Å². The summed E-state index contributed by atoms with van der Waals surface area (Å²) >= 11 is 0. The van der Waals surface area contributed by atoms with Crippen molar-refractivity contribution in [2.45, 2.75) is 0 Å². The van der Waals surface area contributed by atoms with Gasteiger partial charge in [0.05, 0.1) is 15.6 Å². The second-order valence-corrected chi connectivity index (χ2v) is 4.86. The first-order chi connectivity index (χ1) is 5.71. The van der Waals surface area contributed by atoms with Crippen molar-refractivity contribution in [3.8, 4) is 0 Å². The molecule has 0 saturated heterocycles. The van der Waals surface area contributed by atoms with Gasteiger partial charge in [0.2, 0.25) is 0 Å². The second-order valence-electron chi connectivity index (χ2n) is 1.46. The monoisotopic (exact) mass is 408 g/mol. The van der Waals surface area contributed by atoms with Crippen LogP contribution in [0.1, 0.15) is 0 Å². The molecule has 0 radical (unpaired) electrons. The Balaban J connectivity index is -0.0000000199. The van der Waals surface area contributed by atoms with Gasteiger partial charge in [-0.3, -0.25) is 0 Å². The Bertz CT molecular complexity index is 237. The summed E-state index contributed by atoms with van der Waals surface area (Å²) in [5, 5.41) is 0. The Hall–Kier alpha value is 6.05. The second kappa shape index (κ2) is 23.1. The molecule has 0 aliphatic heterocycles. The maximum Gasteiger partial charge on any atom is 2.00 e. The largest absolute Gasteiger partial charge is 2.00 e. The van der Waals surface area contributed by atoms with Gasteiger partial charge in [0, 0.05) is 0 Å². The van der Waals surface area contributed by atoms with Crippen LogP contribution in [0.3, 0.4) is 0 Å². The van der Waals surface area contributed by atoms with Crippen molar-refractivity contribution in [2.24, 2.45) is 0 Å². The zero-order chi connectivity index (χ0) is 12.2. The predicted octanol–water partition coefficient (Wildman–Crippen LogP) is -22.2. The van der Waals surface area contributed by atoms with Crippen LogP contribution >= 0.6 is 15.6 Å². The van der Waals surface area contributed by atoms with E-state index in [0.29, 0.717) is 0 Å². The minimum atomic E-state index is -5.86. The molecule has 0 aliphatic rings. The quantitative estimate of drug-likeness (QED) is 0.239. The van der Waals surface area contributed by atoms with Crippen LogP contribution in [0.15, 0.2) is 0 Å². The molecule has 0 aromatic carbocycles. The molecule has 20 heavy (non-hydrogen) atoms. The van der Waals surface area contributed by atoms with Crippen molar-refractivity contribution in [1.29, 1.82) is 0 Å². The van der Waals surface area contributed by atoms with Crippen molar-refractivity contribution in [1.82, 2.24) is 0 Å². The molecule has 88 valence electrons. The SMILES string of the molecule is O=P([O-])([O-])OP(=O)([O-])[O-].[Mg+2].[Na+].[Na+].[Na+].[Na+].[Na+].[O-][Si]([O-])([O-])F. The fraction of sp³-hybridized carbons (Fsp3) is 0. The van der Waals surface area contributed by atoms with Crippen molar-refractivity contribution < 1.29 is 199 Å². The third kappa shape index (κ3) is 88.0. The summed E-state index contributed by atoms with van der Waals surface area (Å²) in [7, 11) is -17.2. The van der Waals surface area contributed by atoms with E-state index >= 15 is 0 Å². The maximum atomic E-state index is 10.2. The predicted molar refractivity (Wildman–Crippen MR) is 28.9 cm³/mol. The third-order valence-corrected chi connectivity index (χ3v) is 1.80. The normalized spacial score (nSPS) is 9.20. The molecule has 0 saturated carbocycles. The van der Waals surface area contributed by atoms with E-state index in [9.17, 15) is 32.8 Å². The topological polar surface area (TPSA) is 205 Å². The average Bonchev–Trinajstić information content (AvgIpc) is 1.42. The Morgan fingerprint density at radius 1 is 0.750 bits per heavy atom. The molecule has 0 spiro atoms. The van der Waals surface area contributed by atoms with Crippen LogP contribution in [0.2, 0.25) is 0 Å². The van der Waals surface area contributed by atoms with Gasteiger partial charge in [-0.1, -0.05) is 9.14 Å². The van der Waals surface area contributed by atoms with Gasteiger partial charge in [-0.25, -0.2) is 0 Å². The maximum absolute atomic E-state index is 10.2. The fourth-order valence-corrected chi connectivity index (χ4v) is 1.10. The van der Waals surface area contributed by atoms with Crippen molar-refractivity contribution in [2.75, 3.05) is 0 Å². The van der Waals surface area contributed by atoms with Gasteiger partial charge in [0.15, 0.2) is 0 Å². The Morgan fingerprint density at radius 3 is 0.850 bits per heavy atom. The first-order valence-electron chi connectivity index (χ1n) is 2.26. The van der Waals surface area contributed by atoms with E-state index in [1.807, 2.05) is 0 Å². The number of phosphoric acid groups is 2. The fourth-order valence-electron chi connectivity index (χ4n) is 0.122. The molecule has 0 aromatic heterocycles. The van der Waals surface area contributed by atoms with E-state index in [0.717, 1.165) is 0 Å². The molecule has 10 nitrogen and oxygen atoms in total. The molecule has 0 amide bonds. The van der Waals surface area contributed by atoms with Crippen molar-refractivity contribution in [3.63, 3.8) is 0 Å². The molecule has 0 rings (SSSR count). The van der Waals surface area contributed by atoms with E-state index in [1.54, 1.807) is 0 Å². The molecule has 0 aromatic rings. The van der Waals surface area contributed by atoms with E-state index in [4.69, 9.17) is 14.4 Å². The minimum Gasteiger partial charge on any atom is -0.857 e. The third-order valence-electron chi connectivity index (χ3n) is 0.200. The molecule has 0 atom stereocenters. The van der Waals surface area contributed by atoms with Crippen LogP contribution in [-0.2, 0) is 13.4 Å². The van der Waals surface area contributed by atoms with E-state index in [-0.39, 0.29) is 171 Å². The zero-order valence-corrected chi connectivity index (χ0v) is 25.8. The van der Waals surface area contributed by atoms with Gasteiger partial charge in [-0.05, 0) is 0 Å². The summed E-state index contributed by atoms with van der Waals surface area (Å²) in [6, 6.07) is 0. The van der Waals surface area contributed by atoms with Crippen LogP contribution in [-0.4, -0.2) is 32.2 Å². The summed E-state index contributed by atoms with van der Waals surface area (Å²) in [4.78, 5) is 62.7. The zero-order valence-electron chi connectivity index (χ0n) is 11.6. The van der Waals surface area contributed by atoms with Crippen LogP contribution in [0.25, 0.3) is 0 Å². The Morgan fingerprint density at radius 2 is 0.850 bits per heavy atom. The van der Waals surface area contributed by atoms with Gasteiger partial charge < -0.3 is 51.5 Å². The van der Waals surface area contributed by atoms with Crippen LogP contribution in [0.5, 0.6) is 0 Å². The van der Waals surface area contributed by atoms with Gasteiger partial charge in [-0.2, -0.15) is 0 Å². The van der Waals surface area contributed by atoms with Crippen LogP contribution in [0.4, 0.5) is 4.11 Å². The van der Waals surface area contributed by atoms with E-state index < -0.39 is 24.8 Å². The first kappa shape index (κ1) is 50.2. The average molecular weight is 408 g/mol. The molecule has 0 unspecified atom stereocenters. The first-order valence-corrected chi connectivity index (χ1v) is 6.79. The number of hydrogen-bond acceptors (Lipinski definition) is 10. The van der Waals surface area contributed by atoms with Gasteiger partial charge in [0.25, 0.3) is 0 Å². The standard InChI is InChI=1S/FO3Si.Mg.5Na.H4O7P2/c1-5(2,3)4;;;;;;;1-8(2,3)7-9(4,5)6/h;;;;;;;(H2,1,2,3)(H2,4,5,6)/q-3;+2;5*+1;/p-4. The number of halogens is 1. The van der Waals surface area contributed by atoms with Gasteiger partial charge >= 0.3 is 171 Å². The summed E-state index contributed by atoms with van der Waals surface area (Å²) in [6.07, 6.45) is 0. The van der Waals surface area contributed by atoms with E-state index in [1.165, 1.54) is 0 Å². The van der Waals surface area contributed by atoms with Crippen LogP contribution < -0.4 is 182 Å². The Kier molecular flexibility index (Phi) is 57.9. The van der Waals surface area contributed by atoms with Crippen molar-refractivity contribution in [3.05, 3.63) is 0 Å². The summed E-state index contributed by atoms with van der Waals surface area (Å²) < 4.78 is 31.3. The molecule has 0 aliphatic carbocycles. The Labute approximate surface area is 242 Å². The number of rotatable bonds is 2. The molecule has 0 fully saturated rings. The summed E-state index contributed by atoms with van der Waals surface area (Å²) in [6.45, 7) is 0. The molecule has 20 heteroatoms. The molecule has 0 N–H and O–H groups in total. The molecular formula is FMgNa5O10P2Si. The molecule has 0 bridgehead atoms. The minimum absolute atomic E-state index is 0. The molecule has 0 heterocycles. The van der Waals surface area contributed by atoms with Crippen molar-refractivity contribution >= 4 is 47.8 Å².